The Labute approximate surface area is 148 Å². The Balaban J connectivity index is 2.40. The number of nitrogens with one attached hydrogen (secondary N) is 1. The van der Waals surface area contributed by atoms with Crippen LogP contribution in [0.5, 0.6) is 0 Å². The van der Waals surface area contributed by atoms with Gasteiger partial charge in [0.25, 0.3) is 11.8 Å². The molecule has 9 heteroatoms. The number of carbonyl (C=O) groups is 4. The molecule has 1 rings (SSSR count). The summed E-state index contributed by atoms with van der Waals surface area (Å²) in [4.78, 5) is 47.5. The smallest absolute Gasteiger partial charge is 0.408 e. The van der Waals surface area contributed by atoms with Crippen molar-refractivity contribution in [3.05, 3.63) is 10.6 Å². The fraction of sp³-hybridized carbons (Fsp3) is 0.600. The predicted molar refractivity (Wildman–Crippen MR) is 89.9 cm³/mol. The molecule has 4 amide bonds. The highest BCUT2D eigenvalue weighted by atomic mass is 79.9. The van der Waals surface area contributed by atoms with Crippen molar-refractivity contribution >= 4 is 39.7 Å². The van der Waals surface area contributed by atoms with Crippen LogP contribution in [0.2, 0.25) is 0 Å². The molecule has 0 aromatic heterocycles. The van der Waals surface area contributed by atoms with Crippen LogP contribution in [0.25, 0.3) is 0 Å². The topological polar surface area (TPSA) is 119 Å². The lowest BCUT2D eigenvalue weighted by Crippen LogP contribution is -2.46. The van der Waals surface area contributed by atoms with Gasteiger partial charge in [0, 0.05) is 12.6 Å². The second kappa shape index (κ2) is 8.27. The maximum atomic E-state index is 11.7. The molecule has 0 unspecified atom stereocenters. The normalized spacial score (nSPS) is 16.0. The molecule has 0 bridgehead atoms. The molecule has 1 atom stereocenters. The zero-order valence-electron chi connectivity index (χ0n) is 13.9. The highest BCUT2D eigenvalue weighted by Crippen LogP contribution is 2.18. The number of alkyl carbamates (subject to hydrolysis) is 1. The van der Waals surface area contributed by atoms with E-state index in [1.807, 2.05) is 0 Å². The lowest BCUT2D eigenvalue weighted by Gasteiger charge is -2.22. The molecule has 1 aliphatic heterocycles. The van der Waals surface area contributed by atoms with Gasteiger partial charge in [0.15, 0.2) is 0 Å². The minimum Gasteiger partial charge on any atom is -0.444 e. The summed E-state index contributed by atoms with van der Waals surface area (Å²) in [6.07, 6.45) is 1.78. The maximum Gasteiger partial charge on any atom is 0.408 e. The van der Waals surface area contributed by atoms with Gasteiger partial charge in [-0.05, 0) is 56.0 Å². The second-order valence-corrected chi connectivity index (χ2v) is 7.24. The summed E-state index contributed by atoms with van der Waals surface area (Å²) < 4.78 is 5.31. The minimum atomic E-state index is -0.866. The molecule has 1 aliphatic rings. The van der Waals surface area contributed by atoms with Gasteiger partial charge in [-0.1, -0.05) is 0 Å². The minimum absolute atomic E-state index is 0.231. The molecule has 134 valence electrons. The van der Waals surface area contributed by atoms with Crippen LogP contribution in [-0.4, -0.2) is 46.9 Å². The number of primary amides is 1. The SMILES string of the molecule is CC(C)(C)OC(=O)N[C@@H](CCCCN1C(=O)C=C(Br)C1=O)C(N)=O. The third-order valence-electron chi connectivity index (χ3n) is 3.12. The van der Waals surface area contributed by atoms with Crippen LogP contribution in [0, 0.1) is 0 Å². The molecule has 24 heavy (non-hydrogen) atoms. The van der Waals surface area contributed by atoms with Crippen molar-refractivity contribution < 1.29 is 23.9 Å². The number of halogens is 1. The zero-order valence-corrected chi connectivity index (χ0v) is 15.5. The van der Waals surface area contributed by atoms with E-state index in [2.05, 4.69) is 21.2 Å². The van der Waals surface area contributed by atoms with Gasteiger partial charge >= 0.3 is 6.09 Å². The van der Waals surface area contributed by atoms with E-state index in [-0.39, 0.29) is 22.8 Å². The van der Waals surface area contributed by atoms with Crippen molar-refractivity contribution in [1.82, 2.24) is 10.2 Å². The Bertz CT molecular complexity index is 568. The van der Waals surface area contributed by atoms with E-state index in [0.717, 1.165) is 4.90 Å². The molecule has 0 spiro atoms. The highest BCUT2D eigenvalue weighted by molar-refractivity contribution is 9.12. The molecule has 3 N–H and O–H groups in total. The van der Waals surface area contributed by atoms with E-state index in [0.29, 0.717) is 19.3 Å². The number of nitrogens with zero attached hydrogens (tertiary/aromatic N) is 1. The molecule has 0 radical (unpaired) electrons. The summed E-state index contributed by atoms with van der Waals surface area (Å²) in [5.41, 5.74) is 4.60. The summed E-state index contributed by atoms with van der Waals surface area (Å²) in [6.45, 7) is 5.37. The molecule has 0 aliphatic carbocycles. The number of rotatable bonds is 7. The summed E-state index contributed by atoms with van der Waals surface area (Å²) in [5, 5.41) is 2.43. The van der Waals surface area contributed by atoms with Crippen molar-refractivity contribution in [2.45, 2.75) is 51.7 Å². The van der Waals surface area contributed by atoms with Crippen LogP contribution in [0.4, 0.5) is 4.79 Å². The van der Waals surface area contributed by atoms with Crippen molar-refractivity contribution in [2.75, 3.05) is 6.54 Å². The first kappa shape index (κ1) is 20.1. The standard InChI is InChI=1S/C15H22BrN3O5/c1-15(2,3)24-14(23)18-10(12(17)21)6-4-5-7-19-11(20)8-9(16)13(19)22/h8,10H,4-7H2,1-3H3,(H2,17,21)(H,18,23)/t10-/m0/s1. The number of hydrogen-bond donors (Lipinski definition) is 2. The van der Waals surface area contributed by atoms with Gasteiger partial charge in [0.2, 0.25) is 5.91 Å². The average Bonchev–Trinajstić information content (AvgIpc) is 2.65. The van der Waals surface area contributed by atoms with Crippen molar-refractivity contribution in [3.63, 3.8) is 0 Å². The summed E-state index contributed by atoms with van der Waals surface area (Å²) >= 11 is 3.01. The third-order valence-corrected chi connectivity index (χ3v) is 3.69. The first-order chi connectivity index (χ1) is 11.0. The zero-order chi connectivity index (χ0) is 18.5. The van der Waals surface area contributed by atoms with E-state index < -0.39 is 23.6 Å². The van der Waals surface area contributed by atoms with Gasteiger partial charge in [-0.25, -0.2) is 4.79 Å². The number of hydrogen-bond acceptors (Lipinski definition) is 5. The molecule has 0 saturated heterocycles. The summed E-state index contributed by atoms with van der Waals surface area (Å²) in [5.74, 6) is -1.41. The summed E-state index contributed by atoms with van der Waals surface area (Å²) in [7, 11) is 0. The Morgan fingerprint density at radius 2 is 1.96 bits per heavy atom. The van der Waals surface area contributed by atoms with Crippen molar-refractivity contribution in [2.24, 2.45) is 5.73 Å². The Morgan fingerprint density at radius 1 is 1.33 bits per heavy atom. The van der Waals surface area contributed by atoms with Gasteiger partial charge < -0.3 is 15.8 Å². The first-order valence-corrected chi connectivity index (χ1v) is 8.32. The van der Waals surface area contributed by atoms with Crippen LogP contribution >= 0.6 is 15.9 Å². The van der Waals surface area contributed by atoms with Gasteiger partial charge in [-0.3, -0.25) is 19.3 Å². The fourth-order valence-electron chi connectivity index (χ4n) is 2.04. The number of carbonyl (C=O) groups excluding carboxylic acids is 4. The van der Waals surface area contributed by atoms with E-state index in [4.69, 9.17) is 10.5 Å². The monoisotopic (exact) mass is 403 g/mol. The number of amides is 4. The van der Waals surface area contributed by atoms with E-state index in [9.17, 15) is 19.2 Å². The van der Waals surface area contributed by atoms with E-state index >= 15 is 0 Å². The van der Waals surface area contributed by atoms with Gasteiger partial charge in [-0.15, -0.1) is 0 Å². The molecular weight excluding hydrogens is 382 g/mol. The molecule has 0 fully saturated rings. The maximum absolute atomic E-state index is 11.7. The van der Waals surface area contributed by atoms with E-state index in [1.165, 1.54) is 6.08 Å². The van der Waals surface area contributed by atoms with Gasteiger partial charge in [0.05, 0.1) is 4.48 Å². The van der Waals surface area contributed by atoms with Gasteiger partial charge in [0.1, 0.15) is 11.6 Å². The quantitative estimate of drug-likeness (QED) is 0.488. The molecule has 0 aromatic rings. The predicted octanol–water partition coefficient (Wildman–Crippen LogP) is 1.18. The molecule has 0 saturated carbocycles. The Hall–Kier alpha value is -1.90. The van der Waals surface area contributed by atoms with Crippen LogP contribution < -0.4 is 11.1 Å². The lowest BCUT2D eigenvalue weighted by molar-refractivity contribution is -0.137. The van der Waals surface area contributed by atoms with Crippen LogP contribution in [0.1, 0.15) is 40.0 Å². The van der Waals surface area contributed by atoms with Crippen LogP contribution in [-0.2, 0) is 19.1 Å². The van der Waals surface area contributed by atoms with Gasteiger partial charge in [-0.2, -0.15) is 0 Å². The Kier molecular flexibility index (Phi) is 6.94. The molecule has 0 aromatic carbocycles. The Morgan fingerprint density at radius 3 is 2.42 bits per heavy atom. The highest BCUT2D eigenvalue weighted by Gasteiger charge is 2.29. The fourth-order valence-corrected chi connectivity index (χ4v) is 2.45. The van der Waals surface area contributed by atoms with E-state index in [1.54, 1.807) is 20.8 Å². The lowest BCUT2D eigenvalue weighted by atomic mass is 10.1. The average molecular weight is 404 g/mol. The van der Waals surface area contributed by atoms with Crippen LogP contribution in [0.3, 0.4) is 0 Å². The van der Waals surface area contributed by atoms with Crippen LogP contribution in [0.15, 0.2) is 10.6 Å². The second-order valence-electron chi connectivity index (χ2n) is 6.38. The largest absolute Gasteiger partial charge is 0.444 e. The number of nitrogens with two attached hydrogens (primary N) is 1. The molecule has 8 nitrogen and oxygen atoms in total. The summed E-state index contributed by atoms with van der Waals surface area (Å²) in [6, 6.07) is -0.866. The molecule has 1 heterocycles. The third kappa shape index (κ3) is 6.31. The number of imide groups is 1. The molecular formula is C15H22BrN3O5. The number of unbranched alkanes of at least 4 members (excludes halogenated alkanes) is 1. The van der Waals surface area contributed by atoms with Crippen molar-refractivity contribution in [1.29, 1.82) is 0 Å². The first-order valence-electron chi connectivity index (χ1n) is 7.53. The number of ether oxygens (including phenoxy) is 1. The van der Waals surface area contributed by atoms with Crippen molar-refractivity contribution in [3.8, 4) is 0 Å².